The molecule has 116 valence electrons. The lowest BCUT2D eigenvalue weighted by Gasteiger charge is -2.22. The maximum Gasteiger partial charge on any atom is 0.586 e. The van der Waals surface area contributed by atoms with Gasteiger partial charge in [0.2, 0.25) is 0 Å². The van der Waals surface area contributed by atoms with Gasteiger partial charge in [0.15, 0.2) is 11.5 Å². The van der Waals surface area contributed by atoms with Crippen LogP contribution in [0.3, 0.4) is 0 Å². The Morgan fingerprint density at radius 3 is 3.18 bits per heavy atom. The van der Waals surface area contributed by atoms with Gasteiger partial charge in [-0.25, -0.2) is 0 Å². The number of aryl methyl sites for hydroxylation is 1. The van der Waals surface area contributed by atoms with Crippen LogP contribution in [0.4, 0.5) is 8.78 Å². The van der Waals surface area contributed by atoms with Gasteiger partial charge in [0, 0.05) is 5.56 Å². The standard InChI is InChI=1S/C15H14F2N2O3/c16-15(17)21-12-6-2-4-10(14(12)22-15)8-20-11-5-1-3-9-7-18-19-13(9)11/h2,4,6-7,11H,1,3,5,8H2,(H,18,19). The summed E-state index contributed by atoms with van der Waals surface area (Å²) in [6.07, 6.45) is 0.960. The van der Waals surface area contributed by atoms with Crippen molar-refractivity contribution in [3.05, 3.63) is 41.2 Å². The highest BCUT2D eigenvalue weighted by Crippen LogP contribution is 2.44. The van der Waals surface area contributed by atoms with Crippen molar-refractivity contribution in [1.29, 1.82) is 0 Å². The van der Waals surface area contributed by atoms with Crippen molar-refractivity contribution in [2.45, 2.75) is 38.3 Å². The Morgan fingerprint density at radius 1 is 1.36 bits per heavy atom. The topological polar surface area (TPSA) is 56.4 Å². The second kappa shape index (κ2) is 4.95. The van der Waals surface area contributed by atoms with Crippen molar-refractivity contribution in [2.75, 3.05) is 0 Å². The van der Waals surface area contributed by atoms with Crippen molar-refractivity contribution in [3.63, 3.8) is 0 Å². The number of fused-ring (bicyclic) bond motifs is 2. The SMILES string of the molecule is FC1(F)Oc2cccc(COC3CCCc4cn[nH]c43)c2O1. The lowest BCUT2D eigenvalue weighted by Crippen LogP contribution is -2.26. The van der Waals surface area contributed by atoms with Crippen molar-refractivity contribution >= 4 is 0 Å². The average Bonchev–Trinajstić information content (AvgIpc) is 3.07. The Bertz CT molecular complexity index is 702. The monoisotopic (exact) mass is 308 g/mol. The van der Waals surface area contributed by atoms with Gasteiger partial charge in [0.25, 0.3) is 0 Å². The van der Waals surface area contributed by atoms with Crippen molar-refractivity contribution in [3.8, 4) is 11.5 Å². The molecule has 7 heteroatoms. The first kappa shape index (κ1) is 13.5. The molecule has 1 atom stereocenters. The van der Waals surface area contributed by atoms with E-state index in [-0.39, 0.29) is 24.2 Å². The van der Waals surface area contributed by atoms with E-state index in [0.29, 0.717) is 5.56 Å². The number of rotatable bonds is 3. The second-order valence-electron chi connectivity index (χ2n) is 5.41. The van der Waals surface area contributed by atoms with Crippen LogP contribution in [0.2, 0.25) is 0 Å². The van der Waals surface area contributed by atoms with Crippen molar-refractivity contribution < 1.29 is 23.0 Å². The van der Waals surface area contributed by atoms with Gasteiger partial charge in [-0.3, -0.25) is 5.10 Å². The van der Waals surface area contributed by atoms with Gasteiger partial charge in [-0.15, -0.1) is 8.78 Å². The first-order chi connectivity index (χ1) is 10.6. The lowest BCUT2D eigenvalue weighted by atomic mass is 9.96. The Labute approximate surface area is 125 Å². The molecule has 2 aliphatic rings. The number of nitrogens with zero attached hydrogens (tertiary/aromatic N) is 1. The predicted octanol–water partition coefficient (Wildman–Crippen LogP) is 3.33. The summed E-state index contributed by atoms with van der Waals surface area (Å²) in [5, 5.41) is 7.00. The zero-order valence-corrected chi connectivity index (χ0v) is 11.6. The first-order valence-electron chi connectivity index (χ1n) is 7.14. The number of benzene rings is 1. The maximum absolute atomic E-state index is 13.2. The van der Waals surface area contributed by atoms with Crippen LogP contribution >= 0.6 is 0 Å². The number of halogens is 2. The number of H-pyrrole nitrogens is 1. The van der Waals surface area contributed by atoms with E-state index in [0.717, 1.165) is 30.5 Å². The largest absolute Gasteiger partial charge is 0.586 e. The third-order valence-electron chi connectivity index (χ3n) is 3.94. The molecule has 0 radical (unpaired) electrons. The summed E-state index contributed by atoms with van der Waals surface area (Å²) < 4.78 is 41.2. The Hall–Kier alpha value is -2.15. The fourth-order valence-corrected chi connectivity index (χ4v) is 2.92. The molecular formula is C15H14F2N2O3. The van der Waals surface area contributed by atoms with Gasteiger partial charge >= 0.3 is 6.29 Å². The molecule has 1 aliphatic heterocycles. The lowest BCUT2D eigenvalue weighted by molar-refractivity contribution is -0.287. The number of aromatic nitrogens is 2. The van der Waals surface area contributed by atoms with E-state index in [1.54, 1.807) is 12.1 Å². The summed E-state index contributed by atoms with van der Waals surface area (Å²) in [5.74, 6) is 0.0881. The molecule has 0 spiro atoms. The molecule has 2 aromatic rings. The zero-order chi connectivity index (χ0) is 15.2. The van der Waals surface area contributed by atoms with Crippen LogP contribution in [0.5, 0.6) is 11.5 Å². The van der Waals surface area contributed by atoms with Crippen LogP contribution in [0, 0.1) is 0 Å². The van der Waals surface area contributed by atoms with Crippen LogP contribution in [0.25, 0.3) is 0 Å². The first-order valence-corrected chi connectivity index (χ1v) is 7.14. The Morgan fingerprint density at radius 2 is 2.27 bits per heavy atom. The second-order valence-corrected chi connectivity index (χ2v) is 5.41. The molecule has 0 fully saturated rings. The van der Waals surface area contributed by atoms with E-state index < -0.39 is 6.29 Å². The number of nitrogens with one attached hydrogen (secondary N) is 1. The highest BCUT2D eigenvalue weighted by Gasteiger charge is 2.44. The minimum atomic E-state index is -3.61. The number of aromatic amines is 1. The quantitative estimate of drug-likeness (QED) is 0.945. The predicted molar refractivity (Wildman–Crippen MR) is 71.7 cm³/mol. The molecule has 1 N–H and O–H groups in total. The molecule has 1 aromatic heterocycles. The molecule has 22 heavy (non-hydrogen) atoms. The summed E-state index contributed by atoms with van der Waals surface area (Å²) in [6.45, 7) is 0.172. The van der Waals surface area contributed by atoms with E-state index in [9.17, 15) is 8.78 Å². The molecule has 1 aromatic carbocycles. The smallest absolute Gasteiger partial charge is 0.395 e. The number of hydrogen-bond donors (Lipinski definition) is 1. The summed E-state index contributed by atoms with van der Waals surface area (Å²) in [7, 11) is 0. The minimum absolute atomic E-state index is 0.0389. The fraction of sp³-hybridized carbons (Fsp3) is 0.400. The summed E-state index contributed by atoms with van der Waals surface area (Å²) in [4.78, 5) is 0. The zero-order valence-electron chi connectivity index (χ0n) is 11.6. The van der Waals surface area contributed by atoms with Gasteiger partial charge in [0.1, 0.15) is 0 Å². The van der Waals surface area contributed by atoms with Gasteiger partial charge in [-0.05, 0) is 30.9 Å². The molecule has 4 rings (SSSR count). The third kappa shape index (κ3) is 2.31. The summed E-state index contributed by atoms with van der Waals surface area (Å²) in [6, 6.07) is 4.79. The molecule has 0 amide bonds. The van der Waals surface area contributed by atoms with Crippen LogP contribution in [-0.4, -0.2) is 16.5 Å². The van der Waals surface area contributed by atoms with Gasteiger partial charge in [-0.2, -0.15) is 5.10 Å². The molecule has 0 saturated carbocycles. The summed E-state index contributed by atoms with van der Waals surface area (Å²) >= 11 is 0. The maximum atomic E-state index is 13.2. The average molecular weight is 308 g/mol. The van der Waals surface area contributed by atoms with Gasteiger partial charge in [-0.1, -0.05) is 12.1 Å². The fourth-order valence-electron chi connectivity index (χ4n) is 2.92. The molecule has 1 aliphatic carbocycles. The van der Waals surface area contributed by atoms with Crippen molar-refractivity contribution in [2.24, 2.45) is 0 Å². The number of para-hydroxylation sites is 1. The Kier molecular flexibility index (Phi) is 3.04. The number of hydrogen-bond acceptors (Lipinski definition) is 4. The molecular weight excluding hydrogens is 294 g/mol. The number of ether oxygens (including phenoxy) is 3. The van der Waals surface area contributed by atoms with Gasteiger partial charge in [0.05, 0.1) is 24.6 Å². The van der Waals surface area contributed by atoms with Crippen LogP contribution < -0.4 is 9.47 Å². The highest BCUT2D eigenvalue weighted by atomic mass is 19.3. The van der Waals surface area contributed by atoms with Crippen LogP contribution in [0.15, 0.2) is 24.4 Å². The van der Waals surface area contributed by atoms with E-state index in [4.69, 9.17) is 4.74 Å². The van der Waals surface area contributed by atoms with Crippen molar-refractivity contribution in [1.82, 2.24) is 10.2 Å². The molecule has 5 nitrogen and oxygen atoms in total. The van der Waals surface area contributed by atoms with Gasteiger partial charge < -0.3 is 14.2 Å². The van der Waals surface area contributed by atoms with Crippen LogP contribution in [0.1, 0.15) is 35.8 Å². The van der Waals surface area contributed by atoms with E-state index in [2.05, 4.69) is 19.7 Å². The van der Waals surface area contributed by atoms with E-state index in [1.165, 1.54) is 6.07 Å². The molecule has 0 saturated heterocycles. The molecule has 2 heterocycles. The molecule has 0 bridgehead atoms. The highest BCUT2D eigenvalue weighted by molar-refractivity contribution is 5.48. The minimum Gasteiger partial charge on any atom is -0.395 e. The van der Waals surface area contributed by atoms with E-state index in [1.807, 2.05) is 6.20 Å². The third-order valence-corrected chi connectivity index (χ3v) is 3.94. The summed E-state index contributed by atoms with van der Waals surface area (Å²) in [5.41, 5.74) is 2.67. The normalized spacial score (nSPS) is 21.6. The number of alkyl halides is 2. The molecule has 1 unspecified atom stereocenters. The van der Waals surface area contributed by atoms with Crippen LogP contribution in [-0.2, 0) is 17.8 Å². The van der Waals surface area contributed by atoms with E-state index >= 15 is 0 Å². The Balaban J connectivity index is 1.52.